The maximum atomic E-state index is 5.78. The van der Waals surface area contributed by atoms with E-state index in [4.69, 9.17) is 5.73 Å². The van der Waals surface area contributed by atoms with Gasteiger partial charge < -0.3 is 10.3 Å². The fraction of sp³-hybridized carbons (Fsp3) is 0.300. The van der Waals surface area contributed by atoms with Crippen molar-refractivity contribution in [2.75, 3.05) is 5.73 Å². The molecule has 0 saturated heterocycles. The summed E-state index contributed by atoms with van der Waals surface area (Å²) in [5, 5.41) is 0. The Labute approximate surface area is 91.1 Å². The lowest BCUT2D eigenvalue weighted by molar-refractivity contribution is 0.617. The molecule has 0 aliphatic carbocycles. The van der Waals surface area contributed by atoms with Crippen LogP contribution in [0.4, 0.5) is 5.69 Å². The average Bonchev–Trinajstić information content (AvgIpc) is 2.55. The maximum absolute atomic E-state index is 5.78. The van der Waals surface area contributed by atoms with Gasteiger partial charge in [-0.1, -0.05) is 0 Å². The molecular formula is C10H12BrN3. The van der Waals surface area contributed by atoms with Gasteiger partial charge in [0.1, 0.15) is 5.52 Å². The molecule has 2 aromatic rings. The summed E-state index contributed by atoms with van der Waals surface area (Å²) < 4.78 is 3.01. The Morgan fingerprint density at radius 2 is 2.14 bits per heavy atom. The summed E-state index contributed by atoms with van der Waals surface area (Å²) in [6, 6.07) is 4.31. The molecule has 0 radical (unpaired) electrons. The Hall–Kier alpha value is -1.03. The third-order valence-electron chi connectivity index (χ3n) is 2.27. The molecule has 0 spiro atoms. The lowest BCUT2D eigenvalue weighted by Crippen LogP contribution is -1.98. The van der Waals surface area contributed by atoms with Crippen molar-refractivity contribution >= 4 is 32.7 Å². The van der Waals surface area contributed by atoms with Gasteiger partial charge in [0.05, 0.1) is 16.3 Å². The van der Waals surface area contributed by atoms with Crippen LogP contribution in [0.1, 0.15) is 19.9 Å². The Bertz CT molecular complexity index is 473. The zero-order chi connectivity index (χ0) is 10.3. The number of nitrogens with zero attached hydrogens (tertiary/aromatic N) is 2. The molecule has 1 aromatic carbocycles. The summed E-state index contributed by atoms with van der Waals surface area (Å²) in [6.45, 7) is 4.26. The van der Waals surface area contributed by atoms with Gasteiger partial charge in [-0.05, 0) is 41.9 Å². The van der Waals surface area contributed by atoms with Crippen LogP contribution in [0, 0.1) is 0 Å². The second kappa shape index (κ2) is 3.28. The van der Waals surface area contributed by atoms with Crippen LogP contribution in [-0.4, -0.2) is 9.55 Å². The van der Waals surface area contributed by atoms with E-state index >= 15 is 0 Å². The van der Waals surface area contributed by atoms with E-state index in [1.165, 1.54) is 0 Å². The first-order valence-corrected chi connectivity index (χ1v) is 5.31. The highest BCUT2D eigenvalue weighted by Crippen LogP contribution is 2.29. The molecule has 3 nitrogen and oxygen atoms in total. The van der Waals surface area contributed by atoms with Crippen LogP contribution in [0.2, 0.25) is 0 Å². The smallest absolute Gasteiger partial charge is 0.105 e. The normalized spacial score (nSPS) is 11.4. The fourth-order valence-electron chi connectivity index (χ4n) is 1.49. The van der Waals surface area contributed by atoms with Gasteiger partial charge in [-0.25, -0.2) is 4.98 Å². The van der Waals surface area contributed by atoms with Gasteiger partial charge in [-0.15, -0.1) is 0 Å². The Morgan fingerprint density at radius 3 is 2.79 bits per heavy atom. The molecule has 0 aliphatic heterocycles. The van der Waals surface area contributed by atoms with Gasteiger partial charge in [0.15, 0.2) is 0 Å². The van der Waals surface area contributed by atoms with Crippen molar-refractivity contribution in [2.45, 2.75) is 19.9 Å². The number of halogens is 1. The van der Waals surface area contributed by atoms with Gasteiger partial charge in [0.2, 0.25) is 0 Å². The SMILES string of the molecule is CC(C)n1cnc2c(Br)c(N)ccc21. The minimum absolute atomic E-state index is 0.413. The van der Waals surface area contributed by atoms with Crippen molar-refractivity contribution in [3.63, 3.8) is 0 Å². The zero-order valence-electron chi connectivity index (χ0n) is 8.16. The second-order valence-corrected chi connectivity index (χ2v) is 4.38. The van der Waals surface area contributed by atoms with Crippen molar-refractivity contribution in [3.8, 4) is 0 Å². The molecule has 1 heterocycles. The lowest BCUT2D eigenvalue weighted by Gasteiger charge is -2.08. The van der Waals surface area contributed by atoms with Crippen LogP contribution >= 0.6 is 15.9 Å². The minimum atomic E-state index is 0.413. The summed E-state index contributed by atoms with van der Waals surface area (Å²) in [6.07, 6.45) is 1.85. The highest BCUT2D eigenvalue weighted by Gasteiger charge is 2.09. The molecule has 0 unspecified atom stereocenters. The van der Waals surface area contributed by atoms with Gasteiger partial charge in [0.25, 0.3) is 0 Å². The highest BCUT2D eigenvalue weighted by atomic mass is 79.9. The Kier molecular flexibility index (Phi) is 2.23. The molecule has 14 heavy (non-hydrogen) atoms. The van der Waals surface area contributed by atoms with E-state index in [1.807, 2.05) is 18.5 Å². The molecule has 0 aliphatic rings. The average molecular weight is 254 g/mol. The number of hydrogen-bond donors (Lipinski definition) is 1. The molecule has 2 rings (SSSR count). The summed E-state index contributed by atoms with van der Waals surface area (Å²) in [7, 11) is 0. The highest BCUT2D eigenvalue weighted by molar-refractivity contribution is 9.10. The number of fused-ring (bicyclic) bond motifs is 1. The molecule has 74 valence electrons. The van der Waals surface area contributed by atoms with Crippen LogP contribution in [0.15, 0.2) is 22.9 Å². The van der Waals surface area contributed by atoms with Crippen LogP contribution in [0.3, 0.4) is 0 Å². The predicted octanol–water partition coefficient (Wildman–Crippen LogP) is 2.96. The monoisotopic (exact) mass is 253 g/mol. The van der Waals surface area contributed by atoms with Crippen molar-refractivity contribution in [1.82, 2.24) is 9.55 Å². The van der Waals surface area contributed by atoms with Crippen LogP contribution in [0.5, 0.6) is 0 Å². The molecule has 0 saturated carbocycles. The number of benzene rings is 1. The molecule has 0 bridgehead atoms. The van der Waals surface area contributed by atoms with Gasteiger partial charge >= 0.3 is 0 Å². The number of nitrogen functional groups attached to an aromatic ring is 1. The van der Waals surface area contributed by atoms with Gasteiger partial charge in [-0.3, -0.25) is 0 Å². The number of hydrogen-bond acceptors (Lipinski definition) is 2. The minimum Gasteiger partial charge on any atom is -0.398 e. The molecule has 1 aromatic heterocycles. The molecule has 2 N–H and O–H groups in total. The summed E-state index contributed by atoms with van der Waals surface area (Å²) in [4.78, 5) is 4.34. The Morgan fingerprint density at radius 1 is 1.43 bits per heavy atom. The van der Waals surface area contributed by atoms with Crippen molar-refractivity contribution in [2.24, 2.45) is 0 Å². The number of aromatic nitrogens is 2. The van der Waals surface area contributed by atoms with Crippen molar-refractivity contribution in [3.05, 3.63) is 22.9 Å². The first kappa shape index (κ1) is 9.52. The standard InChI is InChI=1S/C10H12BrN3/c1-6(2)14-5-13-10-8(14)4-3-7(12)9(10)11/h3-6H,12H2,1-2H3. The number of nitrogens with two attached hydrogens (primary N) is 1. The first-order chi connectivity index (χ1) is 6.61. The predicted molar refractivity (Wildman–Crippen MR) is 62.2 cm³/mol. The maximum Gasteiger partial charge on any atom is 0.105 e. The molecule has 0 amide bonds. The summed E-state index contributed by atoms with van der Waals surface area (Å²) in [5.74, 6) is 0. The third-order valence-corrected chi connectivity index (χ3v) is 3.10. The van der Waals surface area contributed by atoms with Crippen LogP contribution in [-0.2, 0) is 0 Å². The van der Waals surface area contributed by atoms with E-state index in [0.29, 0.717) is 6.04 Å². The van der Waals surface area contributed by atoms with E-state index in [1.54, 1.807) is 0 Å². The second-order valence-electron chi connectivity index (χ2n) is 3.58. The Balaban J connectivity index is 2.77. The van der Waals surface area contributed by atoms with Crippen LogP contribution in [0.25, 0.3) is 11.0 Å². The molecular weight excluding hydrogens is 242 g/mol. The number of imidazole rings is 1. The van der Waals surface area contributed by atoms with Crippen molar-refractivity contribution < 1.29 is 0 Å². The first-order valence-electron chi connectivity index (χ1n) is 4.51. The van der Waals surface area contributed by atoms with E-state index < -0.39 is 0 Å². The van der Waals surface area contributed by atoms with E-state index in [9.17, 15) is 0 Å². The van der Waals surface area contributed by atoms with E-state index in [-0.39, 0.29) is 0 Å². The fourth-order valence-corrected chi connectivity index (χ4v) is 1.93. The quantitative estimate of drug-likeness (QED) is 0.795. The molecule has 0 atom stereocenters. The van der Waals surface area contributed by atoms with E-state index in [0.717, 1.165) is 21.2 Å². The molecule has 0 fully saturated rings. The third kappa shape index (κ3) is 1.30. The number of rotatable bonds is 1. The zero-order valence-corrected chi connectivity index (χ0v) is 9.75. The summed E-state index contributed by atoms with van der Waals surface area (Å²) in [5.41, 5.74) is 8.54. The van der Waals surface area contributed by atoms with Crippen LogP contribution < -0.4 is 5.73 Å². The number of anilines is 1. The molecule has 4 heteroatoms. The summed E-state index contributed by atoms with van der Waals surface area (Å²) >= 11 is 3.44. The van der Waals surface area contributed by atoms with Gasteiger partial charge in [-0.2, -0.15) is 0 Å². The van der Waals surface area contributed by atoms with Crippen molar-refractivity contribution in [1.29, 1.82) is 0 Å². The largest absolute Gasteiger partial charge is 0.398 e. The lowest BCUT2D eigenvalue weighted by atomic mass is 10.2. The van der Waals surface area contributed by atoms with Gasteiger partial charge in [0, 0.05) is 11.7 Å². The van der Waals surface area contributed by atoms with E-state index in [2.05, 4.69) is 39.3 Å². The topological polar surface area (TPSA) is 43.8 Å².